The van der Waals surface area contributed by atoms with E-state index in [2.05, 4.69) is 5.32 Å². The Kier molecular flexibility index (Phi) is 5.93. The van der Waals surface area contributed by atoms with Crippen molar-refractivity contribution in [2.75, 3.05) is 13.7 Å². The summed E-state index contributed by atoms with van der Waals surface area (Å²) in [6.45, 7) is 6.17. The van der Waals surface area contributed by atoms with Crippen molar-refractivity contribution in [1.82, 2.24) is 10.2 Å². The van der Waals surface area contributed by atoms with Crippen molar-refractivity contribution >= 4 is 23.6 Å². The van der Waals surface area contributed by atoms with Crippen LogP contribution in [0.5, 0.6) is 5.75 Å². The highest BCUT2D eigenvalue weighted by Gasteiger charge is 2.39. The molecule has 2 amide bonds. The van der Waals surface area contributed by atoms with Gasteiger partial charge in [0.05, 0.1) is 12.4 Å². The minimum atomic E-state index is -0.113. The quantitative estimate of drug-likeness (QED) is 0.867. The Balaban J connectivity index is 2.14. The number of hydrogen-bond donors (Lipinski definition) is 1. The van der Waals surface area contributed by atoms with Gasteiger partial charge in [0.1, 0.15) is 11.1 Å². The fourth-order valence-corrected chi connectivity index (χ4v) is 3.97. The molecular weight excluding hydrogens is 312 g/mol. The lowest BCUT2D eigenvalue weighted by Gasteiger charge is -2.25. The number of carbonyl (C=O) groups is 2. The Morgan fingerprint density at radius 1 is 1.39 bits per heavy atom. The number of methoxy groups -OCH3 is 1. The zero-order valence-electron chi connectivity index (χ0n) is 14.0. The van der Waals surface area contributed by atoms with Crippen LogP contribution in [0.2, 0.25) is 0 Å². The van der Waals surface area contributed by atoms with Crippen LogP contribution in [-0.2, 0) is 9.59 Å². The second kappa shape index (κ2) is 7.73. The second-order valence-corrected chi connectivity index (χ2v) is 7.30. The molecule has 0 unspecified atom stereocenters. The first-order valence-electron chi connectivity index (χ1n) is 7.82. The number of benzene rings is 1. The van der Waals surface area contributed by atoms with Crippen LogP contribution in [0.25, 0.3) is 0 Å². The summed E-state index contributed by atoms with van der Waals surface area (Å²) in [5.41, 5.74) is 0.974. The third kappa shape index (κ3) is 4.19. The van der Waals surface area contributed by atoms with E-state index in [4.69, 9.17) is 4.74 Å². The van der Waals surface area contributed by atoms with E-state index < -0.39 is 0 Å². The third-order valence-electron chi connectivity index (χ3n) is 3.68. The molecule has 0 spiro atoms. The molecule has 1 aromatic carbocycles. The van der Waals surface area contributed by atoms with Crippen molar-refractivity contribution in [3.63, 3.8) is 0 Å². The molecule has 1 heterocycles. The van der Waals surface area contributed by atoms with Crippen molar-refractivity contribution in [2.45, 2.75) is 43.9 Å². The fourth-order valence-electron chi connectivity index (χ4n) is 2.63. The van der Waals surface area contributed by atoms with Gasteiger partial charge in [0.25, 0.3) is 0 Å². The monoisotopic (exact) mass is 336 g/mol. The molecule has 1 aliphatic rings. The second-order valence-electron chi connectivity index (χ2n) is 5.88. The maximum Gasteiger partial charge on any atom is 0.236 e. The van der Waals surface area contributed by atoms with Crippen molar-refractivity contribution in [2.24, 2.45) is 0 Å². The van der Waals surface area contributed by atoms with Gasteiger partial charge in [0, 0.05) is 24.6 Å². The van der Waals surface area contributed by atoms with E-state index in [1.54, 1.807) is 23.8 Å². The number of thioether (sulfide) groups is 1. The fraction of sp³-hybridized carbons (Fsp3) is 0.529. The molecule has 5 nitrogen and oxygen atoms in total. The van der Waals surface area contributed by atoms with E-state index in [0.29, 0.717) is 13.0 Å². The number of para-hydroxylation sites is 1. The van der Waals surface area contributed by atoms with E-state index >= 15 is 0 Å². The summed E-state index contributed by atoms with van der Waals surface area (Å²) in [4.78, 5) is 26.1. The normalized spacial score (nSPS) is 20.9. The van der Waals surface area contributed by atoms with Gasteiger partial charge in [-0.15, -0.1) is 11.8 Å². The third-order valence-corrected chi connectivity index (χ3v) is 5.06. The molecule has 1 fully saturated rings. The molecule has 0 bridgehead atoms. The van der Waals surface area contributed by atoms with Gasteiger partial charge in [-0.2, -0.15) is 0 Å². The lowest BCUT2D eigenvalue weighted by atomic mass is 10.1. The van der Waals surface area contributed by atoms with Crippen LogP contribution in [0.3, 0.4) is 0 Å². The predicted octanol–water partition coefficient (Wildman–Crippen LogP) is 2.57. The van der Waals surface area contributed by atoms with Gasteiger partial charge in [0.2, 0.25) is 11.8 Å². The molecule has 2 rings (SSSR count). The maximum absolute atomic E-state index is 12.5. The van der Waals surface area contributed by atoms with Gasteiger partial charge in [-0.1, -0.05) is 18.2 Å². The Morgan fingerprint density at radius 2 is 2.09 bits per heavy atom. The zero-order chi connectivity index (χ0) is 17.0. The van der Waals surface area contributed by atoms with Crippen LogP contribution in [0.4, 0.5) is 0 Å². The van der Waals surface area contributed by atoms with Crippen molar-refractivity contribution in [1.29, 1.82) is 0 Å². The molecule has 6 heteroatoms. The Bertz CT molecular complexity index is 577. The van der Waals surface area contributed by atoms with Gasteiger partial charge >= 0.3 is 0 Å². The van der Waals surface area contributed by atoms with Crippen LogP contribution in [0, 0.1) is 0 Å². The van der Waals surface area contributed by atoms with E-state index in [9.17, 15) is 9.59 Å². The molecule has 0 saturated carbocycles. The number of nitrogens with one attached hydrogen (secondary N) is 1. The Morgan fingerprint density at radius 3 is 2.74 bits per heavy atom. The molecule has 0 aromatic heterocycles. The van der Waals surface area contributed by atoms with E-state index in [-0.39, 0.29) is 28.5 Å². The molecule has 0 aliphatic carbocycles. The van der Waals surface area contributed by atoms with E-state index in [1.165, 1.54) is 0 Å². The van der Waals surface area contributed by atoms with Gasteiger partial charge < -0.3 is 15.0 Å². The highest BCUT2D eigenvalue weighted by molar-refractivity contribution is 8.01. The van der Waals surface area contributed by atoms with Crippen molar-refractivity contribution in [3.8, 4) is 5.75 Å². The summed E-state index contributed by atoms with van der Waals surface area (Å²) in [5.74, 6) is 0.808. The van der Waals surface area contributed by atoms with Crippen LogP contribution in [-0.4, -0.2) is 41.7 Å². The minimum Gasteiger partial charge on any atom is -0.496 e. The van der Waals surface area contributed by atoms with E-state index in [0.717, 1.165) is 11.3 Å². The van der Waals surface area contributed by atoms with Crippen LogP contribution >= 0.6 is 11.8 Å². The number of carbonyl (C=O) groups excluding carboxylic acids is 2. The maximum atomic E-state index is 12.5. The molecule has 23 heavy (non-hydrogen) atoms. The molecular formula is C17H24N2O3S. The molecule has 2 atom stereocenters. The average molecular weight is 336 g/mol. The number of amides is 2. The first-order chi connectivity index (χ1) is 10.9. The minimum absolute atomic E-state index is 0.0314. The average Bonchev–Trinajstić information content (AvgIpc) is 2.79. The lowest BCUT2D eigenvalue weighted by molar-refractivity contribution is -0.130. The van der Waals surface area contributed by atoms with Crippen LogP contribution in [0.15, 0.2) is 24.3 Å². The highest BCUT2D eigenvalue weighted by Crippen LogP contribution is 2.45. The largest absolute Gasteiger partial charge is 0.496 e. The summed E-state index contributed by atoms with van der Waals surface area (Å²) in [6.07, 6.45) is 0.308. The first-order valence-corrected chi connectivity index (χ1v) is 8.76. The summed E-state index contributed by atoms with van der Waals surface area (Å²) < 4.78 is 5.42. The first kappa shape index (κ1) is 17.7. The molecule has 126 valence electrons. The number of ether oxygens (including phenoxy) is 1. The highest BCUT2D eigenvalue weighted by atomic mass is 32.2. The molecule has 0 radical (unpaired) electrons. The summed E-state index contributed by atoms with van der Waals surface area (Å²) in [5, 5.41) is 2.64. The zero-order valence-corrected chi connectivity index (χ0v) is 14.9. The summed E-state index contributed by atoms with van der Waals surface area (Å²) in [7, 11) is 1.63. The smallest absolute Gasteiger partial charge is 0.236 e. The van der Waals surface area contributed by atoms with Gasteiger partial charge in [-0.25, -0.2) is 0 Å². The molecule has 1 aliphatic heterocycles. The van der Waals surface area contributed by atoms with Crippen molar-refractivity contribution < 1.29 is 14.3 Å². The Labute approximate surface area is 141 Å². The lowest BCUT2D eigenvalue weighted by Crippen LogP contribution is -2.36. The topological polar surface area (TPSA) is 58.6 Å². The van der Waals surface area contributed by atoms with Gasteiger partial charge in [0.15, 0.2) is 0 Å². The number of rotatable bonds is 6. The molecule has 1 saturated heterocycles. The van der Waals surface area contributed by atoms with Crippen molar-refractivity contribution in [3.05, 3.63) is 29.8 Å². The molecule has 1 aromatic rings. The predicted molar refractivity (Wildman–Crippen MR) is 92.4 cm³/mol. The SMILES string of the molecule is COc1ccccc1[C@H]1S[C@H](C)C(=O)N1CCC(=O)NC(C)C. The van der Waals surface area contributed by atoms with Crippen LogP contribution < -0.4 is 10.1 Å². The summed E-state index contributed by atoms with van der Waals surface area (Å²) in [6, 6.07) is 7.83. The van der Waals surface area contributed by atoms with Crippen LogP contribution in [0.1, 0.15) is 38.1 Å². The standard InChI is InChI=1S/C17H24N2O3S/c1-11(2)18-15(20)9-10-19-16(21)12(3)23-17(19)13-7-5-6-8-14(13)22-4/h5-8,11-12,17H,9-10H2,1-4H3,(H,18,20)/t12-,17-/m1/s1. The van der Waals surface area contributed by atoms with Gasteiger partial charge in [-0.05, 0) is 26.8 Å². The number of hydrogen-bond acceptors (Lipinski definition) is 4. The van der Waals surface area contributed by atoms with E-state index in [1.807, 2.05) is 45.0 Å². The van der Waals surface area contributed by atoms with Gasteiger partial charge in [-0.3, -0.25) is 9.59 Å². The Hall–Kier alpha value is -1.69. The summed E-state index contributed by atoms with van der Waals surface area (Å²) >= 11 is 1.59. The number of nitrogens with zero attached hydrogens (tertiary/aromatic N) is 1. The molecule has 1 N–H and O–H groups in total.